The van der Waals surface area contributed by atoms with E-state index in [2.05, 4.69) is 0 Å². The number of halogens is 1. The molecule has 2 heterocycles. The average molecular weight is 516 g/mol. The molecule has 4 aromatic rings. The van der Waals surface area contributed by atoms with Gasteiger partial charge in [0.15, 0.2) is 0 Å². The van der Waals surface area contributed by atoms with E-state index in [1.165, 1.54) is 0 Å². The second-order valence-electron chi connectivity index (χ2n) is 9.34. The largest absolute Gasteiger partial charge is 0.437 e. The van der Waals surface area contributed by atoms with Gasteiger partial charge in [0.25, 0.3) is 5.91 Å². The number of carbonyl (C=O) groups excluding carboxylic acids is 1. The lowest BCUT2D eigenvalue weighted by Gasteiger charge is -2.26. The van der Waals surface area contributed by atoms with Crippen molar-refractivity contribution in [2.45, 2.75) is 39.3 Å². The van der Waals surface area contributed by atoms with Crippen LogP contribution in [0.25, 0.3) is 5.69 Å². The van der Waals surface area contributed by atoms with E-state index in [9.17, 15) is 4.79 Å². The Morgan fingerprint density at radius 1 is 1.05 bits per heavy atom. The smallest absolute Gasteiger partial charge is 0.254 e. The van der Waals surface area contributed by atoms with Crippen LogP contribution in [0.4, 0.5) is 0 Å². The maximum absolute atomic E-state index is 13.7. The summed E-state index contributed by atoms with van der Waals surface area (Å²) in [7, 11) is 0. The highest BCUT2D eigenvalue weighted by molar-refractivity contribution is 6.32. The summed E-state index contributed by atoms with van der Waals surface area (Å²) >= 11 is 6.46. The highest BCUT2D eigenvalue weighted by Crippen LogP contribution is 2.35. The molecule has 1 fully saturated rings. The summed E-state index contributed by atoms with van der Waals surface area (Å²) in [5.74, 6) is 1.01. The molecule has 0 N–H and O–H groups in total. The quantitative estimate of drug-likeness (QED) is 0.260. The van der Waals surface area contributed by atoms with Gasteiger partial charge >= 0.3 is 0 Å². The van der Waals surface area contributed by atoms with E-state index in [4.69, 9.17) is 26.2 Å². The maximum Gasteiger partial charge on any atom is 0.254 e. The van der Waals surface area contributed by atoms with Crippen molar-refractivity contribution in [3.05, 3.63) is 106 Å². The third-order valence-corrected chi connectivity index (χ3v) is 6.88. The van der Waals surface area contributed by atoms with E-state index in [1.807, 2.05) is 91.5 Å². The van der Waals surface area contributed by atoms with Gasteiger partial charge in [0.1, 0.15) is 5.75 Å². The minimum atomic E-state index is -0.0499. The van der Waals surface area contributed by atoms with Crippen LogP contribution in [0.15, 0.2) is 78.9 Å². The first kappa shape index (κ1) is 25.1. The molecule has 37 heavy (non-hydrogen) atoms. The van der Waals surface area contributed by atoms with Gasteiger partial charge in [-0.3, -0.25) is 4.79 Å². The number of rotatable bonds is 8. The Hall–Kier alpha value is -3.61. The number of para-hydroxylation sites is 2. The van der Waals surface area contributed by atoms with Gasteiger partial charge in [-0.05, 0) is 63.1 Å². The normalized spacial score (nSPS) is 15.1. The van der Waals surface area contributed by atoms with Crippen LogP contribution in [0, 0.1) is 13.8 Å². The lowest BCUT2D eigenvalue weighted by molar-refractivity contribution is 0.0505. The number of benzene rings is 3. The second kappa shape index (κ2) is 11.2. The molecule has 0 spiro atoms. The van der Waals surface area contributed by atoms with Crippen LogP contribution in [0.1, 0.15) is 40.0 Å². The van der Waals surface area contributed by atoms with E-state index in [0.717, 1.165) is 42.0 Å². The Labute approximate surface area is 222 Å². The van der Waals surface area contributed by atoms with Gasteiger partial charge in [-0.25, -0.2) is 4.68 Å². The fourth-order valence-electron chi connectivity index (χ4n) is 4.52. The molecular weight excluding hydrogens is 486 g/mol. The van der Waals surface area contributed by atoms with Crippen LogP contribution >= 0.6 is 11.6 Å². The molecule has 190 valence electrons. The third-order valence-electron chi connectivity index (χ3n) is 6.56. The Bertz CT molecular complexity index is 1360. The van der Waals surface area contributed by atoms with E-state index in [0.29, 0.717) is 35.3 Å². The van der Waals surface area contributed by atoms with Crippen molar-refractivity contribution in [1.82, 2.24) is 14.7 Å². The number of ether oxygens (including phenoxy) is 2. The molecule has 3 aromatic carbocycles. The number of nitrogens with zero attached hydrogens (tertiary/aromatic N) is 3. The third kappa shape index (κ3) is 5.71. The summed E-state index contributed by atoms with van der Waals surface area (Å²) in [6.45, 7) is 5.50. The molecule has 1 saturated heterocycles. The molecule has 1 aliphatic heterocycles. The van der Waals surface area contributed by atoms with E-state index < -0.39 is 0 Å². The highest BCUT2D eigenvalue weighted by Gasteiger charge is 2.28. The van der Waals surface area contributed by atoms with E-state index in [1.54, 1.807) is 10.7 Å². The predicted octanol–water partition coefficient (Wildman–Crippen LogP) is 6.76. The minimum absolute atomic E-state index is 0.00630. The van der Waals surface area contributed by atoms with E-state index >= 15 is 0 Å². The van der Waals surface area contributed by atoms with Crippen LogP contribution < -0.4 is 4.74 Å². The topological polar surface area (TPSA) is 56.6 Å². The number of hydrogen-bond acceptors (Lipinski definition) is 4. The van der Waals surface area contributed by atoms with Gasteiger partial charge in [0.2, 0.25) is 5.88 Å². The van der Waals surface area contributed by atoms with Crippen molar-refractivity contribution in [3.63, 3.8) is 0 Å². The molecule has 1 atom stereocenters. The molecule has 1 aromatic heterocycles. The molecule has 7 heteroatoms. The molecule has 5 rings (SSSR count). The van der Waals surface area contributed by atoms with Crippen molar-refractivity contribution in [3.8, 4) is 17.3 Å². The predicted molar refractivity (Wildman–Crippen MR) is 145 cm³/mol. The van der Waals surface area contributed by atoms with Gasteiger partial charge < -0.3 is 14.4 Å². The van der Waals surface area contributed by atoms with Crippen molar-refractivity contribution < 1.29 is 14.3 Å². The molecule has 1 aliphatic rings. The van der Waals surface area contributed by atoms with Gasteiger partial charge in [-0.1, -0.05) is 59.6 Å². The summed E-state index contributed by atoms with van der Waals surface area (Å²) < 4.78 is 14.1. The van der Waals surface area contributed by atoms with Gasteiger partial charge in [-0.2, -0.15) is 5.10 Å². The fourth-order valence-corrected chi connectivity index (χ4v) is 4.70. The lowest BCUT2D eigenvalue weighted by Crippen LogP contribution is -2.37. The molecule has 1 amide bonds. The first-order valence-electron chi connectivity index (χ1n) is 12.5. The van der Waals surface area contributed by atoms with E-state index in [-0.39, 0.29) is 12.0 Å². The molecule has 0 saturated carbocycles. The Kier molecular flexibility index (Phi) is 7.58. The lowest BCUT2D eigenvalue weighted by atomic mass is 10.1. The fraction of sp³-hybridized carbons (Fsp3) is 0.267. The zero-order valence-corrected chi connectivity index (χ0v) is 21.8. The summed E-state index contributed by atoms with van der Waals surface area (Å²) in [5, 5.41) is 5.31. The van der Waals surface area contributed by atoms with Crippen molar-refractivity contribution in [2.75, 3.05) is 13.2 Å². The van der Waals surface area contributed by atoms with Crippen LogP contribution in [0.3, 0.4) is 0 Å². The van der Waals surface area contributed by atoms with Crippen molar-refractivity contribution in [2.24, 2.45) is 0 Å². The Balaban J connectivity index is 1.55. The first-order valence-corrected chi connectivity index (χ1v) is 12.9. The molecule has 0 bridgehead atoms. The first-order chi connectivity index (χ1) is 18.0. The molecule has 0 radical (unpaired) electrons. The van der Waals surface area contributed by atoms with Crippen LogP contribution in [0.5, 0.6) is 11.6 Å². The number of amides is 1. The van der Waals surface area contributed by atoms with Crippen molar-refractivity contribution in [1.29, 1.82) is 0 Å². The van der Waals surface area contributed by atoms with Crippen molar-refractivity contribution >= 4 is 17.5 Å². The van der Waals surface area contributed by atoms with Gasteiger partial charge in [0, 0.05) is 18.7 Å². The average Bonchev–Trinajstić information content (AvgIpc) is 3.54. The number of carbonyl (C=O) groups is 1. The summed E-state index contributed by atoms with van der Waals surface area (Å²) in [6.07, 6.45) is 1.94. The zero-order valence-electron chi connectivity index (χ0n) is 21.1. The monoisotopic (exact) mass is 515 g/mol. The maximum atomic E-state index is 13.7. The van der Waals surface area contributed by atoms with Crippen LogP contribution in [-0.2, 0) is 11.3 Å². The SMILES string of the molecule is Cc1ccc(C(=O)N(Cc2c(C)nn(-c3ccccc3)c2Oc2ccccc2Cl)CC2CCCO2)cc1. The second-order valence-corrected chi connectivity index (χ2v) is 9.74. The van der Waals surface area contributed by atoms with Crippen LogP contribution in [-0.4, -0.2) is 39.8 Å². The minimum Gasteiger partial charge on any atom is -0.437 e. The molecule has 6 nitrogen and oxygen atoms in total. The summed E-state index contributed by atoms with van der Waals surface area (Å²) in [6, 6.07) is 24.8. The molecule has 0 aliphatic carbocycles. The van der Waals surface area contributed by atoms with Crippen LogP contribution in [0.2, 0.25) is 5.02 Å². The van der Waals surface area contributed by atoms with Gasteiger partial charge in [-0.15, -0.1) is 0 Å². The number of aryl methyl sites for hydroxylation is 2. The number of hydrogen-bond donors (Lipinski definition) is 0. The summed E-state index contributed by atoms with van der Waals surface area (Å²) in [5.41, 5.74) is 4.21. The molecular formula is C30H30ClN3O3. The Morgan fingerprint density at radius 2 is 1.78 bits per heavy atom. The standard InChI is InChI=1S/C30H30ClN3O3/c1-21-14-16-23(17-15-21)29(35)33(19-25-11-8-18-36-25)20-26-22(2)32-34(24-9-4-3-5-10-24)30(26)37-28-13-7-6-12-27(28)31/h3-7,9-10,12-17,25H,8,11,18-20H2,1-2H3. The highest BCUT2D eigenvalue weighted by atomic mass is 35.5. The van der Waals surface area contributed by atoms with Gasteiger partial charge in [0.05, 0.1) is 34.6 Å². The summed E-state index contributed by atoms with van der Waals surface area (Å²) in [4.78, 5) is 15.6. The number of aromatic nitrogens is 2. The molecule has 1 unspecified atom stereocenters. The zero-order chi connectivity index (χ0) is 25.8. The Morgan fingerprint density at radius 3 is 2.49 bits per heavy atom.